The van der Waals surface area contributed by atoms with E-state index < -0.39 is 0 Å². The first-order valence-corrected chi connectivity index (χ1v) is 9.83. The lowest BCUT2D eigenvalue weighted by Gasteiger charge is -2.30. The van der Waals surface area contributed by atoms with Crippen molar-refractivity contribution in [3.63, 3.8) is 0 Å². The number of benzene rings is 2. The highest BCUT2D eigenvalue weighted by atomic mass is 35.5. The number of nitriles is 1. The highest BCUT2D eigenvalue weighted by Gasteiger charge is 2.24. The fourth-order valence-electron chi connectivity index (χ4n) is 3.85. The van der Waals surface area contributed by atoms with Gasteiger partial charge in [0.05, 0.1) is 16.7 Å². The average Bonchev–Trinajstić information content (AvgIpc) is 2.70. The lowest BCUT2D eigenvalue weighted by atomic mass is 10.1. The van der Waals surface area contributed by atoms with E-state index in [9.17, 15) is 0 Å². The molecule has 5 nitrogen and oxygen atoms in total. The van der Waals surface area contributed by atoms with E-state index in [1.54, 1.807) is 9.80 Å². The number of halogens is 1. The molecule has 1 fully saturated rings. The third-order valence-electron chi connectivity index (χ3n) is 5.31. The number of nitrogens with zero attached hydrogens (tertiary/aromatic N) is 1. The van der Waals surface area contributed by atoms with Gasteiger partial charge in [-0.2, -0.15) is 5.26 Å². The van der Waals surface area contributed by atoms with Crippen LogP contribution in [0.3, 0.4) is 0 Å². The van der Waals surface area contributed by atoms with Gasteiger partial charge in [0.2, 0.25) is 0 Å². The summed E-state index contributed by atoms with van der Waals surface area (Å²) >= 11 is 6.36. The van der Waals surface area contributed by atoms with Gasteiger partial charge in [0, 0.05) is 11.1 Å². The monoisotopic (exact) mass is 385 g/mol. The van der Waals surface area contributed by atoms with Gasteiger partial charge in [-0.25, -0.2) is 0 Å². The van der Waals surface area contributed by atoms with Crippen LogP contribution >= 0.6 is 11.6 Å². The van der Waals surface area contributed by atoms with Crippen LogP contribution in [0.25, 0.3) is 0 Å². The number of hydrogen-bond acceptors (Lipinski definition) is 3. The average molecular weight is 386 g/mol. The molecule has 0 spiro atoms. The summed E-state index contributed by atoms with van der Waals surface area (Å²) in [5, 5.41) is 9.55. The van der Waals surface area contributed by atoms with Crippen molar-refractivity contribution in [2.24, 2.45) is 0 Å². The molecule has 27 heavy (non-hydrogen) atoms. The predicted molar refractivity (Wildman–Crippen MR) is 102 cm³/mol. The maximum absolute atomic E-state index is 8.90. The van der Waals surface area contributed by atoms with Gasteiger partial charge in [0.25, 0.3) is 0 Å². The van der Waals surface area contributed by atoms with Crippen molar-refractivity contribution >= 4 is 11.6 Å². The number of quaternary nitrogens is 2. The molecule has 1 saturated heterocycles. The second-order valence-electron chi connectivity index (χ2n) is 7.26. The van der Waals surface area contributed by atoms with Crippen LogP contribution in [0.4, 0.5) is 0 Å². The molecule has 0 unspecified atom stereocenters. The molecule has 0 amide bonds. The Morgan fingerprint density at radius 1 is 0.889 bits per heavy atom. The molecule has 2 aliphatic heterocycles. The normalized spacial score (nSPS) is 21.5. The van der Waals surface area contributed by atoms with Crippen LogP contribution in [0.15, 0.2) is 36.4 Å². The van der Waals surface area contributed by atoms with Crippen LogP contribution in [0.5, 0.6) is 11.5 Å². The summed E-state index contributed by atoms with van der Waals surface area (Å²) in [6.07, 6.45) is 0. The molecule has 0 saturated carbocycles. The van der Waals surface area contributed by atoms with E-state index in [4.69, 9.17) is 26.3 Å². The Morgan fingerprint density at radius 2 is 1.52 bits per heavy atom. The minimum atomic E-state index is 0.557. The highest BCUT2D eigenvalue weighted by Crippen LogP contribution is 2.38. The third kappa shape index (κ3) is 4.36. The minimum absolute atomic E-state index is 0.557. The maximum Gasteiger partial charge on any atom is 0.179 e. The molecule has 2 aliphatic rings. The molecule has 0 aromatic heterocycles. The van der Waals surface area contributed by atoms with Crippen LogP contribution in [-0.4, -0.2) is 39.4 Å². The van der Waals surface area contributed by atoms with Crippen molar-refractivity contribution in [1.29, 1.82) is 5.26 Å². The zero-order chi connectivity index (χ0) is 18.6. The molecule has 4 rings (SSSR count). The van der Waals surface area contributed by atoms with Crippen molar-refractivity contribution in [1.82, 2.24) is 0 Å². The number of nitrogens with one attached hydrogen (secondary N) is 2. The summed E-state index contributed by atoms with van der Waals surface area (Å²) in [6, 6.07) is 14.2. The van der Waals surface area contributed by atoms with Crippen LogP contribution < -0.4 is 19.3 Å². The summed E-state index contributed by atoms with van der Waals surface area (Å²) in [4.78, 5) is 3.18. The number of piperazine rings is 1. The number of rotatable bonds is 4. The quantitative estimate of drug-likeness (QED) is 0.804. The molecule has 140 valence electrons. The fraction of sp³-hybridized carbons (Fsp3) is 0.381. The smallest absolute Gasteiger partial charge is 0.179 e. The Morgan fingerprint density at radius 3 is 2.19 bits per heavy atom. The molecule has 6 heteroatoms. The number of hydrogen-bond donors (Lipinski definition) is 2. The summed E-state index contributed by atoms with van der Waals surface area (Å²) in [6.45, 7) is 7.68. The summed E-state index contributed by atoms with van der Waals surface area (Å²) < 4.78 is 11.3. The standard InChI is InChI=1S/C21H22ClN3O2/c22-19-11-18(12-20-21(19)27-10-9-26-20)15-25-7-5-24(6-8-25)14-17-3-1-16(13-23)2-4-17/h1-4,11-12H,5-10,14-15H2/p+2. The van der Waals surface area contributed by atoms with Gasteiger partial charge in [0.15, 0.2) is 11.5 Å². The Kier molecular flexibility index (Phi) is 5.49. The topological polar surface area (TPSA) is 51.1 Å². The molecule has 0 radical (unpaired) electrons. The van der Waals surface area contributed by atoms with Crippen molar-refractivity contribution in [3.05, 3.63) is 58.1 Å². The third-order valence-corrected chi connectivity index (χ3v) is 5.59. The Balaban J connectivity index is 1.32. The first-order valence-electron chi connectivity index (χ1n) is 9.45. The van der Waals surface area contributed by atoms with Crippen molar-refractivity contribution < 1.29 is 19.3 Å². The molecular weight excluding hydrogens is 362 g/mol. The number of ether oxygens (including phenoxy) is 2. The lowest BCUT2D eigenvalue weighted by molar-refractivity contribution is -1.02. The van der Waals surface area contributed by atoms with Gasteiger partial charge >= 0.3 is 0 Å². The molecule has 2 N–H and O–H groups in total. The SMILES string of the molecule is N#Cc1ccc(C[NH+]2CC[NH+](Cc3cc(Cl)c4c(c3)OCCO4)CC2)cc1. The van der Waals surface area contributed by atoms with Crippen molar-refractivity contribution in [3.8, 4) is 17.6 Å². The van der Waals surface area contributed by atoms with E-state index in [-0.39, 0.29) is 0 Å². The molecule has 0 atom stereocenters. The summed E-state index contributed by atoms with van der Waals surface area (Å²) in [7, 11) is 0. The highest BCUT2D eigenvalue weighted by molar-refractivity contribution is 6.32. The minimum Gasteiger partial charge on any atom is -0.486 e. The second-order valence-corrected chi connectivity index (χ2v) is 7.67. The van der Waals surface area contributed by atoms with Crippen LogP contribution in [0, 0.1) is 11.3 Å². The van der Waals surface area contributed by atoms with E-state index in [2.05, 4.69) is 24.3 Å². The van der Waals surface area contributed by atoms with Crippen LogP contribution in [-0.2, 0) is 13.1 Å². The molecule has 0 aliphatic carbocycles. The van der Waals surface area contributed by atoms with E-state index in [0.29, 0.717) is 24.0 Å². The largest absolute Gasteiger partial charge is 0.486 e. The van der Waals surface area contributed by atoms with Gasteiger partial charge in [-0.05, 0) is 24.3 Å². The summed E-state index contributed by atoms with van der Waals surface area (Å²) in [5.74, 6) is 1.45. The van der Waals surface area contributed by atoms with E-state index in [1.807, 2.05) is 18.2 Å². The van der Waals surface area contributed by atoms with E-state index in [0.717, 1.165) is 50.6 Å². The lowest BCUT2D eigenvalue weighted by Crippen LogP contribution is -3.27. The fourth-order valence-corrected chi connectivity index (χ4v) is 4.14. The maximum atomic E-state index is 8.90. The van der Waals surface area contributed by atoms with E-state index >= 15 is 0 Å². The first kappa shape index (κ1) is 18.1. The van der Waals surface area contributed by atoms with Crippen molar-refractivity contribution in [2.75, 3.05) is 39.4 Å². The Hall–Kier alpha value is -2.26. The zero-order valence-electron chi connectivity index (χ0n) is 15.3. The van der Waals surface area contributed by atoms with Crippen molar-refractivity contribution in [2.45, 2.75) is 13.1 Å². The predicted octanol–water partition coefficient (Wildman–Crippen LogP) is 0.466. The van der Waals surface area contributed by atoms with Gasteiger partial charge < -0.3 is 19.3 Å². The molecule has 2 aromatic rings. The molecule has 2 aromatic carbocycles. The Bertz CT molecular complexity index is 840. The van der Waals surface area contributed by atoms with Crippen LogP contribution in [0.2, 0.25) is 5.02 Å². The van der Waals surface area contributed by atoms with Gasteiger partial charge in [-0.15, -0.1) is 0 Å². The summed E-state index contributed by atoms with van der Waals surface area (Å²) in [5.41, 5.74) is 3.22. The molecule has 2 heterocycles. The van der Waals surface area contributed by atoms with Gasteiger partial charge in [-0.3, -0.25) is 0 Å². The molecular formula is C21H24ClN3O2+2. The van der Waals surface area contributed by atoms with Crippen LogP contribution in [0.1, 0.15) is 16.7 Å². The van der Waals surface area contributed by atoms with E-state index in [1.165, 1.54) is 11.1 Å². The second kappa shape index (κ2) is 8.18. The van der Waals surface area contributed by atoms with Gasteiger partial charge in [-0.1, -0.05) is 23.7 Å². The molecule has 0 bridgehead atoms. The number of fused-ring (bicyclic) bond motifs is 1. The Labute approximate surface area is 164 Å². The first-order chi connectivity index (χ1) is 13.2. The van der Waals surface area contributed by atoms with Gasteiger partial charge in [0.1, 0.15) is 52.5 Å². The zero-order valence-corrected chi connectivity index (χ0v) is 16.0.